The van der Waals surface area contributed by atoms with Crippen molar-refractivity contribution in [1.29, 1.82) is 0 Å². The Kier molecular flexibility index (Phi) is 2.81. The number of nitrogens with zero attached hydrogens (tertiary/aromatic N) is 2. The predicted octanol–water partition coefficient (Wildman–Crippen LogP) is 2.71. The van der Waals surface area contributed by atoms with Gasteiger partial charge in [0.15, 0.2) is 5.78 Å². The zero-order valence-electron chi connectivity index (χ0n) is 8.81. The maximum Gasteiger partial charge on any atom is 0.166 e. The normalized spacial score (nSPS) is 10.7. The van der Waals surface area contributed by atoms with Crippen LogP contribution in [0.15, 0.2) is 30.6 Å². The van der Waals surface area contributed by atoms with E-state index in [1.165, 1.54) is 0 Å². The van der Waals surface area contributed by atoms with E-state index >= 15 is 0 Å². The summed E-state index contributed by atoms with van der Waals surface area (Å²) in [6, 6.07) is 5.75. The van der Waals surface area contributed by atoms with E-state index in [4.69, 9.17) is 0 Å². The van der Waals surface area contributed by atoms with Crippen molar-refractivity contribution in [2.75, 3.05) is 0 Å². The fourth-order valence-corrected chi connectivity index (χ4v) is 1.62. The molecule has 15 heavy (non-hydrogen) atoms. The van der Waals surface area contributed by atoms with E-state index in [1.807, 2.05) is 24.4 Å². The van der Waals surface area contributed by atoms with Gasteiger partial charge in [0.1, 0.15) is 0 Å². The Morgan fingerprint density at radius 1 is 1.47 bits per heavy atom. The second kappa shape index (κ2) is 4.26. The molecule has 0 bridgehead atoms. The number of rotatable bonds is 4. The summed E-state index contributed by atoms with van der Waals surface area (Å²) in [5, 5.41) is 4.14. The maximum atomic E-state index is 11.8. The van der Waals surface area contributed by atoms with Crippen LogP contribution in [0.25, 0.3) is 5.52 Å². The number of carbonyl (C=O) groups excluding carboxylic acids is 1. The highest BCUT2D eigenvalue weighted by atomic mass is 16.1. The zero-order chi connectivity index (χ0) is 10.7. The van der Waals surface area contributed by atoms with Crippen LogP contribution in [0.2, 0.25) is 0 Å². The highest BCUT2D eigenvalue weighted by molar-refractivity contribution is 6.02. The van der Waals surface area contributed by atoms with E-state index in [2.05, 4.69) is 12.0 Å². The van der Waals surface area contributed by atoms with Gasteiger partial charge < -0.3 is 0 Å². The molecule has 0 amide bonds. The Hall–Kier alpha value is -1.64. The summed E-state index contributed by atoms with van der Waals surface area (Å²) in [6.45, 7) is 2.09. The topological polar surface area (TPSA) is 34.4 Å². The molecule has 2 aromatic heterocycles. The van der Waals surface area contributed by atoms with E-state index in [0.29, 0.717) is 6.42 Å². The van der Waals surface area contributed by atoms with Gasteiger partial charge in [-0.1, -0.05) is 19.4 Å². The van der Waals surface area contributed by atoms with Crippen LogP contribution in [0.1, 0.15) is 36.5 Å². The van der Waals surface area contributed by atoms with Crippen LogP contribution in [-0.4, -0.2) is 15.4 Å². The van der Waals surface area contributed by atoms with Crippen molar-refractivity contribution in [2.24, 2.45) is 0 Å². The van der Waals surface area contributed by atoms with E-state index < -0.39 is 0 Å². The van der Waals surface area contributed by atoms with Gasteiger partial charge in [0.25, 0.3) is 0 Å². The van der Waals surface area contributed by atoms with Gasteiger partial charge in [0, 0.05) is 12.6 Å². The highest BCUT2D eigenvalue weighted by Crippen LogP contribution is 2.13. The van der Waals surface area contributed by atoms with Crippen molar-refractivity contribution in [3.05, 3.63) is 36.2 Å². The van der Waals surface area contributed by atoms with Crippen LogP contribution < -0.4 is 0 Å². The highest BCUT2D eigenvalue weighted by Gasteiger charge is 2.10. The Labute approximate surface area is 88.7 Å². The van der Waals surface area contributed by atoms with Crippen molar-refractivity contribution < 1.29 is 4.79 Å². The van der Waals surface area contributed by atoms with Crippen molar-refractivity contribution in [3.63, 3.8) is 0 Å². The standard InChI is InChI=1S/C12H14N2O/c1-2-3-7-12(15)10-9-13-14-8-5-4-6-11(10)14/h4-6,8-9H,2-3,7H2,1H3. The molecule has 0 aliphatic heterocycles. The van der Waals surface area contributed by atoms with E-state index in [9.17, 15) is 4.79 Å². The molecule has 3 heteroatoms. The van der Waals surface area contributed by atoms with Crippen LogP contribution in [0.4, 0.5) is 0 Å². The van der Waals surface area contributed by atoms with Gasteiger partial charge >= 0.3 is 0 Å². The van der Waals surface area contributed by atoms with Crippen molar-refractivity contribution in [3.8, 4) is 0 Å². The summed E-state index contributed by atoms with van der Waals surface area (Å²) in [6.07, 6.45) is 6.12. The van der Waals surface area contributed by atoms with E-state index in [-0.39, 0.29) is 5.78 Å². The number of hydrogen-bond acceptors (Lipinski definition) is 2. The molecule has 0 saturated heterocycles. The molecule has 0 fully saturated rings. The van der Waals surface area contributed by atoms with Crippen LogP contribution in [0.5, 0.6) is 0 Å². The van der Waals surface area contributed by atoms with E-state index in [0.717, 1.165) is 23.9 Å². The smallest absolute Gasteiger partial charge is 0.166 e. The Morgan fingerprint density at radius 3 is 3.13 bits per heavy atom. The molecule has 0 aliphatic rings. The largest absolute Gasteiger partial charge is 0.294 e. The molecule has 0 spiro atoms. The maximum absolute atomic E-state index is 11.8. The van der Waals surface area contributed by atoms with Crippen molar-refractivity contribution >= 4 is 11.3 Å². The van der Waals surface area contributed by atoms with Crippen molar-refractivity contribution in [2.45, 2.75) is 26.2 Å². The lowest BCUT2D eigenvalue weighted by Gasteiger charge is -1.97. The lowest BCUT2D eigenvalue weighted by molar-refractivity contribution is 0.0981. The third-order valence-corrected chi connectivity index (χ3v) is 2.48. The number of fused-ring (bicyclic) bond motifs is 1. The fourth-order valence-electron chi connectivity index (χ4n) is 1.62. The summed E-state index contributed by atoms with van der Waals surface area (Å²) in [5.41, 5.74) is 1.64. The Bertz CT molecular complexity index is 473. The molecule has 0 atom stereocenters. The molecular formula is C12H14N2O. The lowest BCUT2D eigenvalue weighted by Crippen LogP contribution is -1.97. The molecule has 0 N–H and O–H groups in total. The van der Waals surface area contributed by atoms with Gasteiger partial charge in [-0.3, -0.25) is 4.79 Å². The minimum atomic E-state index is 0.193. The number of carbonyl (C=O) groups is 1. The minimum Gasteiger partial charge on any atom is -0.294 e. The average molecular weight is 202 g/mol. The summed E-state index contributed by atoms with van der Waals surface area (Å²) >= 11 is 0. The van der Waals surface area contributed by atoms with Crippen LogP contribution in [0, 0.1) is 0 Å². The monoisotopic (exact) mass is 202 g/mol. The molecule has 0 saturated carbocycles. The number of hydrogen-bond donors (Lipinski definition) is 0. The number of ketones is 1. The first kappa shape index (κ1) is 9.90. The Balaban J connectivity index is 2.31. The first-order valence-electron chi connectivity index (χ1n) is 5.28. The molecule has 78 valence electrons. The molecule has 0 unspecified atom stereocenters. The number of Topliss-reactive ketones (excluding diaryl/α,β-unsaturated/α-hetero) is 1. The summed E-state index contributed by atoms with van der Waals surface area (Å²) in [5.74, 6) is 0.193. The van der Waals surface area contributed by atoms with Gasteiger partial charge in [-0.2, -0.15) is 5.10 Å². The van der Waals surface area contributed by atoms with Crippen LogP contribution in [0.3, 0.4) is 0 Å². The molecule has 2 aromatic rings. The van der Waals surface area contributed by atoms with E-state index in [1.54, 1.807) is 10.7 Å². The minimum absolute atomic E-state index is 0.193. The second-order valence-corrected chi connectivity index (χ2v) is 3.62. The van der Waals surface area contributed by atoms with Crippen LogP contribution >= 0.6 is 0 Å². The second-order valence-electron chi connectivity index (χ2n) is 3.62. The first-order valence-corrected chi connectivity index (χ1v) is 5.28. The third kappa shape index (κ3) is 1.91. The van der Waals surface area contributed by atoms with Gasteiger partial charge in [-0.05, 0) is 18.6 Å². The molecule has 0 aromatic carbocycles. The SMILES string of the molecule is CCCCC(=O)c1cnn2ccccc12. The Morgan fingerprint density at radius 2 is 2.33 bits per heavy atom. The molecule has 0 radical (unpaired) electrons. The van der Waals surface area contributed by atoms with Gasteiger partial charge in [-0.25, -0.2) is 4.52 Å². The first-order chi connectivity index (χ1) is 7.33. The van der Waals surface area contributed by atoms with Crippen molar-refractivity contribution in [1.82, 2.24) is 9.61 Å². The summed E-state index contributed by atoms with van der Waals surface area (Å²) < 4.78 is 1.74. The van der Waals surface area contributed by atoms with Gasteiger partial charge in [0.05, 0.1) is 17.3 Å². The number of aromatic nitrogens is 2. The number of unbranched alkanes of at least 4 members (excludes halogenated alkanes) is 1. The zero-order valence-corrected chi connectivity index (χ0v) is 8.81. The molecule has 3 nitrogen and oxygen atoms in total. The summed E-state index contributed by atoms with van der Waals surface area (Å²) in [7, 11) is 0. The lowest BCUT2D eigenvalue weighted by atomic mass is 10.1. The van der Waals surface area contributed by atoms with Crippen LogP contribution in [-0.2, 0) is 0 Å². The molecule has 0 aliphatic carbocycles. The van der Waals surface area contributed by atoms with Gasteiger partial charge in [-0.15, -0.1) is 0 Å². The fraction of sp³-hybridized carbons (Fsp3) is 0.333. The predicted molar refractivity (Wildman–Crippen MR) is 59.0 cm³/mol. The molecule has 2 heterocycles. The average Bonchev–Trinajstić information content (AvgIpc) is 2.69. The third-order valence-electron chi connectivity index (χ3n) is 2.48. The number of pyridine rings is 1. The quantitative estimate of drug-likeness (QED) is 0.714. The molecule has 2 rings (SSSR count). The molecular weight excluding hydrogens is 188 g/mol. The summed E-state index contributed by atoms with van der Waals surface area (Å²) in [4.78, 5) is 11.8. The van der Waals surface area contributed by atoms with Gasteiger partial charge in [0.2, 0.25) is 0 Å².